The molecule has 5 nitrogen and oxygen atoms in total. The highest BCUT2D eigenvalue weighted by atomic mass is 35.5. The van der Waals surface area contributed by atoms with Gasteiger partial charge in [0.05, 0.1) is 12.7 Å². The van der Waals surface area contributed by atoms with E-state index in [1.165, 1.54) is 7.11 Å². The number of benzene rings is 4. The standard InChI is InChI=1S/C27H18ClNO4/c1-32-25-15-17(29-26(30)21-9-4-8-19-18(21)7-5-10-23(19)28)12-13-20(25)22-14-16-6-2-3-11-24(16)33-27(22)31/h2-15H,1H3,(H,29,30). The van der Waals surface area contributed by atoms with Crippen molar-refractivity contribution in [2.45, 2.75) is 0 Å². The number of halogens is 1. The first-order chi connectivity index (χ1) is 16.0. The maximum Gasteiger partial charge on any atom is 0.344 e. The van der Waals surface area contributed by atoms with Crippen LogP contribution in [-0.4, -0.2) is 13.0 Å². The Balaban J connectivity index is 1.51. The molecule has 0 fully saturated rings. The van der Waals surface area contributed by atoms with E-state index in [1.54, 1.807) is 48.5 Å². The number of nitrogens with one attached hydrogen (secondary N) is 1. The molecular weight excluding hydrogens is 438 g/mol. The van der Waals surface area contributed by atoms with Crippen LogP contribution < -0.4 is 15.7 Å². The van der Waals surface area contributed by atoms with Crippen LogP contribution in [0.5, 0.6) is 5.75 Å². The van der Waals surface area contributed by atoms with Crippen molar-refractivity contribution < 1.29 is 13.9 Å². The molecule has 1 N–H and O–H groups in total. The Morgan fingerprint density at radius 2 is 1.67 bits per heavy atom. The molecule has 0 unspecified atom stereocenters. The van der Waals surface area contributed by atoms with Gasteiger partial charge in [-0.05, 0) is 41.8 Å². The summed E-state index contributed by atoms with van der Waals surface area (Å²) in [6.45, 7) is 0. The fourth-order valence-corrected chi connectivity index (χ4v) is 4.15. The van der Waals surface area contributed by atoms with Crippen LogP contribution in [0.25, 0.3) is 32.9 Å². The van der Waals surface area contributed by atoms with E-state index >= 15 is 0 Å². The van der Waals surface area contributed by atoms with Gasteiger partial charge < -0.3 is 14.5 Å². The molecule has 0 spiro atoms. The first-order valence-electron chi connectivity index (χ1n) is 10.2. The SMILES string of the molecule is COc1cc(NC(=O)c2cccc3c(Cl)cccc23)ccc1-c1cc2ccccc2oc1=O. The quantitative estimate of drug-likeness (QED) is 0.313. The zero-order valence-electron chi connectivity index (χ0n) is 17.6. The molecule has 1 amide bonds. The average molecular weight is 456 g/mol. The second-order valence-electron chi connectivity index (χ2n) is 7.50. The highest BCUT2D eigenvalue weighted by Gasteiger charge is 2.16. The second kappa shape index (κ2) is 8.45. The molecule has 0 radical (unpaired) electrons. The highest BCUT2D eigenvalue weighted by Crippen LogP contribution is 2.33. The Kier molecular flexibility index (Phi) is 5.32. The van der Waals surface area contributed by atoms with Crippen LogP contribution in [0.3, 0.4) is 0 Å². The summed E-state index contributed by atoms with van der Waals surface area (Å²) in [5.74, 6) is 0.166. The summed E-state index contributed by atoms with van der Waals surface area (Å²) < 4.78 is 11.0. The molecule has 0 saturated carbocycles. The number of hydrogen-bond donors (Lipinski definition) is 1. The third-order valence-corrected chi connectivity index (χ3v) is 5.83. The summed E-state index contributed by atoms with van der Waals surface area (Å²) in [4.78, 5) is 25.6. The van der Waals surface area contributed by atoms with Crippen LogP contribution >= 0.6 is 11.6 Å². The lowest BCUT2D eigenvalue weighted by molar-refractivity contribution is 0.102. The van der Waals surface area contributed by atoms with E-state index in [0.29, 0.717) is 38.7 Å². The van der Waals surface area contributed by atoms with E-state index in [0.717, 1.165) is 16.2 Å². The number of fused-ring (bicyclic) bond motifs is 2. The van der Waals surface area contributed by atoms with Gasteiger partial charge in [0.2, 0.25) is 0 Å². The number of methoxy groups -OCH3 is 1. The Morgan fingerprint density at radius 1 is 0.879 bits per heavy atom. The van der Waals surface area contributed by atoms with Crippen molar-refractivity contribution in [2.75, 3.05) is 12.4 Å². The molecule has 0 aliphatic heterocycles. The van der Waals surface area contributed by atoms with Gasteiger partial charge in [-0.3, -0.25) is 4.79 Å². The van der Waals surface area contributed by atoms with Crippen LogP contribution in [0, 0.1) is 0 Å². The summed E-state index contributed by atoms with van der Waals surface area (Å²) in [6.07, 6.45) is 0. The van der Waals surface area contributed by atoms with Crippen LogP contribution in [0.4, 0.5) is 5.69 Å². The van der Waals surface area contributed by atoms with Gasteiger partial charge in [-0.25, -0.2) is 4.79 Å². The largest absolute Gasteiger partial charge is 0.496 e. The molecule has 0 atom stereocenters. The van der Waals surface area contributed by atoms with Crippen molar-refractivity contribution in [3.05, 3.63) is 106 Å². The lowest BCUT2D eigenvalue weighted by atomic mass is 10.0. The van der Waals surface area contributed by atoms with Crippen LogP contribution in [-0.2, 0) is 0 Å². The maximum absolute atomic E-state index is 13.0. The van der Waals surface area contributed by atoms with Crippen molar-refractivity contribution in [1.82, 2.24) is 0 Å². The predicted octanol–water partition coefficient (Wildman–Crippen LogP) is 6.53. The minimum atomic E-state index is -0.462. The van der Waals surface area contributed by atoms with Crippen LogP contribution in [0.15, 0.2) is 94.1 Å². The Bertz CT molecular complexity index is 1590. The van der Waals surface area contributed by atoms with Gasteiger partial charge >= 0.3 is 5.63 Å². The number of amides is 1. The van der Waals surface area contributed by atoms with Crippen molar-refractivity contribution in [3.8, 4) is 16.9 Å². The van der Waals surface area contributed by atoms with Gasteiger partial charge in [0.1, 0.15) is 11.3 Å². The van der Waals surface area contributed by atoms with Crippen molar-refractivity contribution >= 4 is 44.9 Å². The second-order valence-corrected chi connectivity index (χ2v) is 7.90. The van der Waals surface area contributed by atoms with Gasteiger partial charge in [0.15, 0.2) is 0 Å². The number of ether oxygens (including phenoxy) is 1. The number of carbonyl (C=O) groups excluding carboxylic acids is 1. The zero-order valence-corrected chi connectivity index (χ0v) is 18.3. The van der Waals surface area contributed by atoms with Gasteiger partial charge in [-0.15, -0.1) is 0 Å². The number of para-hydroxylation sites is 1. The molecule has 4 aromatic carbocycles. The molecular formula is C27H18ClNO4. The molecule has 33 heavy (non-hydrogen) atoms. The minimum absolute atomic E-state index is 0.275. The maximum atomic E-state index is 13.0. The Morgan fingerprint density at radius 3 is 2.52 bits per heavy atom. The number of rotatable bonds is 4. The molecule has 1 heterocycles. The molecule has 0 bridgehead atoms. The lowest BCUT2D eigenvalue weighted by Gasteiger charge is -2.13. The van der Waals surface area contributed by atoms with Crippen molar-refractivity contribution in [3.63, 3.8) is 0 Å². The third-order valence-electron chi connectivity index (χ3n) is 5.50. The van der Waals surface area contributed by atoms with E-state index in [4.69, 9.17) is 20.8 Å². The van der Waals surface area contributed by atoms with E-state index in [2.05, 4.69) is 5.32 Å². The summed E-state index contributed by atoms with van der Waals surface area (Å²) in [5.41, 5.74) is 2.05. The average Bonchev–Trinajstić information content (AvgIpc) is 2.83. The molecule has 5 rings (SSSR count). The Labute approximate surface area is 194 Å². The van der Waals surface area contributed by atoms with Crippen LogP contribution in [0.2, 0.25) is 5.02 Å². The molecule has 5 aromatic rings. The van der Waals surface area contributed by atoms with Crippen LogP contribution in [0.1, 0.15) is 10.4 Å². The van der Waals surface area contributed by atoms with E-state index in [1.807, 2.05) is 36.4 Å². The highest BCUT2D eigenvalue weighted by molar-refractivity contribution is 6.36. The monoisotopic (exact) mass is 455 g/mol. The fourth-order valence-electron chi connectivity index (χ4n) is 3.91. The number of carbonyl (C=O) groups is 1. The van der Waals surface area contributed by atoms with E-state index < -0.39 is 5.63 Å². The summed E-state index contributed by atoms with van der Waals surface area (Å²) in [5, 5.41) is 5.87. The summed E-state index contributed by atoms with van der Waals surface area (Å²) >= 11 is 6.28. The molecule has 0 aliphatic carbocycles. The normalized spacial score (nSPS) is 11.0. The molecule has 6 heteroatoms. The molecule has 0 saturated heterocycles. The lowest BCUT2D eigenvalue weighted by Crippen LogP contribution is -2.12. The van der Waals surface area contributed by atoms with Gasteiger partial charge in [0.25, 0.3) is 5.91 Å². The van der Waals surface area contributed by atoms with Crippen molar-refractivity contribution in [2.24, 2.45) is 0 Å². The third kappa shape index (κ3) is 3.83. The van der Waals surface area contributed by atoms with Gasteiger partial charge in [-0.1, -0.05) is 54.1 Å². The van der Waals surface area contributed by atoms with Crippen molar-refractivity contribution in [1.29, 1.82) is 0 Å². The predicted molar refractivity (Wildman–Crippen MR) is 131 cm³/mol. The number of hydrogen-bond acceptors (Lipinski definition) is 4. The van der Waals surface area contributed by atoms with Gasteiger partial charge in [-0.2, -0.15) is 0 Å². The summed E-state index contributed by atoms with van der Waals surface area (Å²) in [6, 6.07) is 25.1. The Hall–Kier alpha value is -4.09. The molecule has 0 aliphatic rings. The fraction of sp³-hybridized carbons (Fsp3) is 0.0370. The zero-order chi connectivity index (χ0) is 22.9. The minimum Gasteiger partial charge on any atom is -0.496 e. The van der Waals surface area contributed by atoms with E-state index in [9.17, 15) is 9.59 Å². The first kappa shape index (κ1) is 20.8. The first-order valence-corrected chi connectivity index (χ1v) is 10.6. The van der Waals surface area contributed by atoms with Gasteiger partial charge in [0, 0.05) is 38.7 Å². The molecule has 162 valence electrons. The topological polar surface area (TPSA) is 68.5 Å². The number of anilines is 1. The molecule has 1 aromatic heterocycles. The smallest absolute Gasteiger partial charge is 0.344 e. The van der Waals surface area contributed by atoms with E-state index in [-0.39, 0.29) is 5.91 Å². The summed E-state index contributed by atoms with van der Waals surface area (Å²) in [7, 11) is 1.51.